The Bertz CT molecular complexity index is 904. The summed E-state index contributed by atoms with van der Waals surface area (Å²) in [4.78, 5) is 20.4. The number of carbonyl (C=O) groups excluding carboxylic acids is 1. The first-order valence-corrected chi connectivity index (χ1v) is 6.93. The van der Waals surface area contributed by atoms with E-state index in [-0.39, 0.29) is 18.1 Å². The first kappa shape index (κ1) is 14.9. The van der Waals surface area contributed by atoms with E-state index in [1.54, 1.807) is 26.1 Å². The van der Waals surface area contributed by atoms with Gasteiger partial charge in [-0.15, -0.1) is 0 Å². The smallest absolute Gasteiger partial charge is 0.272 e. The number of nitrogen functional groups attached to an aromatic ring is 1. The van der Waals surface area contributed by atoms with Gasteiger partial charge in [0, 0.05) is 13.6 Å². The molecule has 0 radical (unpaired) electrons. The van der Waals surface area contributed by atoms with Gasteiger partial charge in [0.15, 0.2) is 5.69 Å². The number of halogens is 1. The molecule has 2 aromatic heterocycles. The Labute approximate surface area is 131 Å². The Morgan fingerprint density at radius 2 is 2.13 bits per heavy atom. The van der Waals surface area contributed by atoms with Crippen molar-refractivity contribution in [2.75, 3.05) is 5.73 Å². The first-order chi connectivity index (χ1) is 11.0. The molecule has 0 saturated heterocycles. The molecule has 3 N–H and O–H groups in total. The Morgan fingerprint density at radius 1 is 1.35 bits per heavy atom. The van der Waals surface area contributed by atoms with Crippen LogP contribution < -0.4 is 11.1 Å². The van der Waals surface area contributed by atoms with Gasteiger partial charge in [0.05, 0.1) is 0 Å². The highest BCUT2D eigenvalue weighted by atomic mass is 19.1. The summed E-state index contributed by atoms with van der Waals surface area (Å²) in [7, 11) is 1.67. The molecule has 0 aliphatic heterocycles. The Balaban J connectivity index is 1.83. The SMILES string of the molecule is Cc1cc(CNC(=O)c2ncnc3c(N)n(C)nc23)ccc1F. The lowest BCUT2D eigenvalue weighted by Crippen LogP contribution is -2.24. The number of carbonyl (C=O) groups is 1. The third-order valence-corrected chi connectivity index (χ3v) is 3.55. The summed E-state index contributed by atoms with van der Waals surface area (Å²) in [5, 5.41) is 6.91. The summed E-state index contributed by atoms with van der Waals surface area (Å²) in [5.41, 5.74) is 8.10. The summed E-state index contributed by atoms with van der Waals surface area (Å²) in [6.07, 6.45) is 1.28. The number of nitrogens with two attached hydrogens (primary N) is 1. The minimum absolute atomic E-state index is 0.154. The minimum atomic E-state index is -0.391. The summed E-state index contributed by atoms with van der Waals surface area (Å²) >= 11 is 0. The van der Waals surface area contributed by atoms with E-state index in [1.807, 2.05) is 0 Å². The topological polar surface area (TPSA) is 98.7 Å². The molecular weight excluding hydrogens is 299 g/mol. The Kier molecular flexibility index (Phi) is 3.65. The number of rotatable bonds is 3. The van der Waals surface area contributed by atoms with Gasteiger partial charge in [-0.25, -0.2) is 14.4 Å². The van der Waals surface area contributed by atoms with Gasteiger partial charge in [0.1, 0.15) is 29.0 Å². The van der Waals surface area contributed by atoms with Gasteiger partial charge < -0.3 is 11.1 Å². The molecule has 3 rings (SSSR count). The van der Waals surface area contributed by atoms with Crippen molar-refractivity contribution >= 4 is 22.8 Å². The van der Waals surface area contributed by atoms with E-state index in [2.05, 4.69) is 20.4 Å². The van der Waals surface area contributed by atoms with Crippen LogP contribution in [0.25, 0.3) is 11.0 Å². The van der Waals surface area contributed by atoms with E-state index >= 15 is 0 Å². The van der Waals surface area contributed by atoms with Crippen LogP contribution in [0, 0.1) is 12.7 Å². The number of hydrogen-bond acceptors (Lipinski definition) is 5. The van der Waals surface area contributed by atoms with Crippen LogP contribution in [0.5, 0.6) is 0 Å². The largest absolute Gasteiger partial charge is 0.382 e. The molecule has 0 atom stereocenters. The standard InChI is InChI=1S/C15H15FN6O/c1-8-5-9(3-4-10(8)16)6-18-15(23)13-11-12(19-7-20-13)14(17)22(2)21-11/h3-5,7H,6,17H2,1-2H3,(H,18,23). The maximum absolute atomic E-state index is 13.3. The van der Waals surface area contributed by atoms with Crippen molar-refractivity contribution in [2.45, 2.75) is 13.5 Å². The van der Waals surface area contributed by atoms with Crippen molar-refractivity contribution in [2.24, 2.45) is 7.05 Å². The molecule has 0 fully saturated rings. The van der Waals surface area contributed by atoms with Gasteiger partial charge in [0.25, 0.3) is 5.91 Å². The Hall–Kier alpha value is -3.03. The van der Waals surface area contributed by atoms with Crippen LogP contribution in [-0.2, 0) is 13.6 Å². The summed E-state index contributed by atoms with van der Waals surface area (Å²) < 4.78 is 14.7. The lowest BCUT2D eigenvalue weighted by atomic mass is 10.1. The monoisotopic (exact) mass is 314 g/mol. The lowest BCUT2D eigenvalue weighted by molar-refractivity contribution is 0.0947. The molecular formula is C15H15FN6O. The molecule has 8 heteroatoms. The molecule has 0 unspecified atom stereocenters. The van der Waals surface area contributed by atoms with E-state index in [0.717, 1.165) is 5.56 Å². The second-order valence-corrected chi connectivity index (χ2v) is 5.19. The normalized spacial score (nSPS) is 10.9. The fourth-order valence-corrected chi connectivity index (χ4v) is 2.27. The molecule has 0 aliphatic rings. The number of amides is 1. The number of nitrogens with one attached hydrogen (secondary N) is 1. The van der Waals surface area contributed by atoms with Gasteiger partial charge in [-0.05, 0) is 24.1 Å². The number of fused-ring (bicyclic) bond motifs is 1. The number of anilines is 1. The van der Waals surface area contributed by atoms with Crippen LogP contribution in [0.2, 0.25) is 0 Å². The maximum Gasteiger partial charge on any atom is 0.272 e. The van der Waals surface area contributed by atoms with Crippen molar-refractivity contribution < 1.29 is 9.18 Å². The fourth-order valence-electron chi connectivity index (χ4n) is 2.27. The molecule has 0 aliphatic carbocycles. The molecule has 0 spiro atoms. The zero-order valence-corrected chi connectivity index (χ0v) is 12.7. The zero-order chi connectivity index (χ0) is 16.6. The van der Waals surface area contributed by atoms with E-state index in [4.69, 9.17) is 5.73 Å². The fraction of sp³-hybridized carbons (Fsp3) is 0.200. The van der Waals surface area contributed by atoms with Crippen molar-refractivity contribution in [3.63, 3.8) is 0 Å². The van der Waals surface area contributed by atoms with Gasteiger partial charge in [-0.2, -0.15) is 5.10 Å². The van der Waals surface area contributed by atoms with E-state index in [0.29, 0.717) is 22.4 Å². The van der Waals surface area contributed by atoms with Crippen molar-refractivity contribution in [1.82, 2.24) is 25.1 Å². The quantitative estimate of drug-likeness (QED) is 0.760. The second kappa shape index (κ2) is 5.64. The molecule has 1 amide bonds. The highest BCUT2D eigenvalue weighted by Crippen LogP contribution is 2.19. The molecule has 3 aromatic rings. The molecule has 0 saturated carbocycles. The van der Waals surface area contributed by atoms with Gasteiger partial charge in [-0.3, -0.25) is 9.48 Å². The van der Waals surface area contributed by atoms with Gasteiger partial charge in [0.2, 0.25) is 0 Å². The van der Waals surface area contributed by atoms with Gasteiger partial charge in [-0.1, -0.05) is 12.1 Å². The summed E-state index contributed by atoms with van der Waals surface area (Å²) in [5.74, 6) is -0.301. The molecule has 2 heterocycles. The van der Waals surface area contributed by atoms with Crippen LogP contribution in [0.3, 0.4) is 0 Å². The van der Waals surface area contributed by atoms with E-state index in [9.17, 15) is 9.18 Å². The Morgan fingerprint density at radius 3 is 2.87 bits per heavy atom. The summed E-state index contributed by atoms with van der Waals surface area (Å²) in [6, 6.07) is 4.68. The number of hydrogen-bond donors (Lipinski definition) is 2. The first-order valence-electron chi connectivity index (χ1n) is 6.93. The molecule has 0 bridgehead atoms. The van der Waals surface area contributed by atoms with E-state index in [1.165, 1.54) is 17.1 Å². The van der Waals surface area contributed by atoms with Crippen LogP contribution >= 0.6 is 0 Å². The highest BCUT2D eigenvalue weighted by Gasteiger charge is 2.17. The van der Waals surface area contributed by atoms with Crippen LogP contribution in [-0.4, -0.2) is 25.7 Å². The van der Waals surface area contributed by atoms with E-state index < -0.39 is 5.91 Å². The van der Waals surface area contributed by atoms with Crippen molar-refractivity contribution in [3.8, 4) is 0 Å². The average molecular weight is 314 g/mol. The lowest BCUT2D eigenvalue weighted by Gasteiger charge is -2.06. The molecule has 118 valence electrons. The molecule has 23 heavy (non-hydrogen) atoms. The van der Waals surface area contributed by atoms with Crippen LogP contribution in [0.1, 0.15) is 21.6 Å². The minimum Gasteiger partial charge on any atom is -0.382 e. The van der Waals surface area contributed by atoms with Crippen LogP contribution in [0.15, 0.2) is 24.5 Å². The molecule has 7 nitrogen and oxygen atoms in total. The molecule has 1 aromatic carbocycles. The van der Waals surface area contributed by atoms with Gasteiger partial charge >= 0.3 is 0 Å². The third kappa shape index (κ3) is 2.70. The van der Waals surface area contributed by atoms with Crippen LogP contribution in [0.4, 0.5) is 10.2 Å². The number of aromatic nitrogens is 4. The van der Waals surface area contributed by atoms with Crippen molar-refractivity contribution in [3.05, 3.63) is 47.2 Å². The highest BCUT2D eigenvalue weighted by molar-refractivity contribution is 6.04. The third-order valence-electron chi connectivity index (χ3n) is 3.55. The summed E-state index contributed by atoms with van der Waals surface area (Å²) in [6.45, 7) is 1.93. The number of benzene rings is 1. The van der Waals surface area contributed by atoms with Crippen molar-refractivity contribution in [1.29, 1.82) is 0 Å². The number of nitrogens with zero attached hydrogens (tertiary/aromatic N) is 4. The zero-order valence-electron chi connectivity index (χ0n) is 12.7. The predicted octanol–water partition coefficient (Wildman–Crippen LogP) is 1.32. The predicted molar refractivity (Wildman–Crippen MR) is 83.0 cm³/mol. The second-order valence-electron chi connectivity index (χ2n) is 5.19. The average Bonchev–Trinajstić information content (AvgIpc) is 2.83. The number of aryl methyl sites for hydroxylation is 2. The maximum atomic E-state index is 13.3.